The Kier molecular flexibility index (Phi) is 6.66. The Morgan fingerprint density at radius 1 is 1.00 bits per heavy atom. The number of carbonyl (C=O) groups is 1. The predicted octanol–water partition coefficient (Wildman–Crippen LogP) is 3.53. The normalized spacial score (nSPS) is 14.3. The summed E-state index contributed by atoms with van der Waals surface area (Å²) in [5.41, 5.74) is 4.54. The molecule has 0 atom stereocenters. The first-order valence-corrected chi connectivity index (χ1v) is 10.9. The lowest BCUT2D eigenvalue weighted by atomic mass is 10.1. The van der Waals surface area contributed by atoms with E-state index in [1.54, 1.807) is 0 Å². The van der Waals surface area contributed by atoms with Crippen molar-refractivity contribution in [3.8, 4) is 17.0 Å². The van der Waals surface area contributed by atoms with Gasteiger partial charge in [0.25, 0.3) is 5.91 Å². The molecule has 32 heavy (non-hydrogen) atoms. The number of ether oxygens (including phenoxy) is 1. The van der Waals surface area contributed by atoms with Crippen molar-refractivity contribution in [1.29, 1.82) is 0 Å². The summed E-state index contributed by atoms with van der Waals surface area (Å²) >= 11 is 0. The molecule has 4 rings (SSSR count). The van der Waals surface area contributed by atoms with Crippen LogP contribution < -0.4 is 15.0 Å². The fraction of sp³-hybridized carbons (Fsp3) is 0.320. The molecule has 1 aliphatic rings. The number of hydrogen-bond acceptors (Lipinski definition) is 6. The van der Waals surface area contributed by atoms with Crippen LogP contribution in [0.15, 0.2) is 54.6 Å². The molecule has 3 aromatic rings. The van der Waals surface area contributed by atoms with Crippen molar-refractivity contribution in [1.82, 2.24) is 15.1 Å². The number of nitrogens with zero attached hydrogens (tertiary/aromatic N) is 4. The largest absolute Gasteiger partial charge is 0.483 e. The molecule has 0 radical (unpaired) electrons. The highest BCUT2D eigenvalue weighted by molar-refractivity contribution is 5.92. The fourth-order valence-corrected chi connectivity index (χ4v) is 3.74. The number of benzene rings is 2. The van der Waals surface area contributed by atoms with Gasteiger partial charge in [0.15, 0.2) is 12.4 Å². The van der Waals surface area contributed by atoms with E-state index in [1.165, 1.54) is 0 Å². The van der Waals surface area contributed by atoms with Gasteiger partial charge in [-0.1, -0.05) is 29.8 Å². The van der Waals surface area contributed by atoms with E-state index in [2.05, 4.69) is 32.4 Å². The van der Waals surface area contributed by atoms with E-state index in [-0.39, 0.29) is 12.5 Å². The monoisotopic (exact) mass is 431 g/mol. The topological polar surface area (TPSA) is 70.6 Å². The standard InChI is InChI=1S/C25H29N5O2/c1-18-7-9-23(19(2)15-18)32-17-25(31)26-21-6-4-5-20(16-21)22-8-10-24(28-27-22)30-13-11-29(3)12-14-30/h4-10,15-16H,11-14,17H2,1-3H3,(H,26,31). The van der Waals surface area contributed by atoms with Crippen LogP contribution in [0.25, 0.3) is 11.3 Å². The van der Waals surface area contributed by atoms with Crippen molar-refractivity contribution >= 4 is 17.4 Å². The molecule has 1 amide bonds. The molecular weight excluding hydrogens is 402 g/mol. The summed E-state index contributed by atoms with van der Waals surface area (Å²) in [5.74, 6) is 1.41. The molecule has 0 saturated carbocycles. The molecule has 7 heteroatoms. The molecule has 0 bridgehead atoms. The van der Waals surface area contributed by atoms with Crippen molar-refractivity contribution in [2.45, 2.75) is 13.8 Å². The van der Waals surface area contributed by atoms with Crippen molar-refractivity contribution in [3.63, 3.8) is 0 Å². The predicted molar refractivity (Wildman–Crippen MR) is 127 cm³/mol. The maximum Gasteiger partial charge on any atom is 0.262 e. The third-order valence-electron chi connectivity index (χ3n) is 5.61. The molecule has 1 N–H and O–H groups in total. The molecule has 1 aliphatic heterocycles. The zero-order valence-corrected chi connectivity index (χ0v) is 18.8. The van der Waals surface area contributed by atoms with Crippen molar-refractivity contribution < 1.29 is 9.53 Å². The van der Waals surface area contributed by atoms with E-state index in [4.69, 9.17) is 4.74 Å². The van der Waals surface area contributed by atoms with Gasteiger partial charge in [-0.25, -0.2) is 0 Å². The Labute approximate surface area is 189 Å². The third-order valence-corrected chi connectivity index (χ3v) is 5.61. The fourth-order valence-electron chi connectivity index (χ4n) is 3.74. The SMILES string of the molecule is Cc1ccc(OCC(=O)Nc2cccc(-c3ccc(N4CCN(C)CC4)nn3)c2)c(C)c1. The zero-order chi connectivity index (χ0) is 22.5. The summed E-state index contributed by atoms with van der Waals surface area (Å²) in [4.78, 5) is 16.9. The Morgan fingerprint density at radius 3 is 2.53 bits per heavy atom. The van der Waals surface area contributed by atoms with Gasteiger partial charge < -0.3 is 19.9 Å². The molecule has 0 unspecified atom stereocenters. The number of nitrogens with one attached hydrogen (secondary N) is 1. The quantitative estimate of drug-likeness (QED) is 0.644. The number of rotatable bonds is 6. The average Bonchev–Trinajstić information content (AvgIpc) is 2.79. The smallest absolute Gasteiger partial charge is 0.262 e. The maximum absolute atomic E-state index is 12.4. The van der Waals surface area contributed by atoms with Crippen LogP contribution in [-0.4, -0.2) is 60.8 Å². The van der Waals surface area contributed by atoms with E-state index in [9.17, 15) is 4.79 Å². The van der Waals surface area contributed by atoms with Crippen LogP contribution in [0.1, 0.15) is 11.1 Å². The van der Waals surface area contributed by atoms with Crippen molar-refractivity contribution in [3.05, 3.63) is 65.7 Å². The van der Waals surface area contributed by atoms with Gasteiger partial charge in [-0.2, -0.15) is 0 Å². The Bertz CT molecular complexity index is 1080. The van der Waals surface area contributed by atoms with Crippen LogP contribution in [0.2, 0.25) is 0 Å². The molecule has 1 saturated heterocycles. The minimum atomic E-state index is -0.210. The van der Waals surface area contributed by atoms with Crippen LogP contribution in [0.4, 0.5) is 11.5 Å². The lowest BCUT2D eigenvalue weighted by Crippen LogP contribution is -2.44. The lowest BCUT2D eigenvalue weighted by Gasteiger charge is -2.32. The molecule has 2 aromatic carbocycles. The van der Waals surface area contributed by atoms with E-state index in [0.29, 0.717) is 5.69 Å². The van der Waals surface area contributed by atoms with Gasteiger partial charge in [0.05, 0.1) is 5.69 Å². The van der Waals surface area contributed by atoms with Gasteiger partial charge >= 0.3 is 0 Å². The van der Waals surface area contributed by atoms with Crippen LogP contribution in [-0.2, 0) is 4.79 Å². The second-order valence-corrected chi connectivity index (χ2v) is 8.25. The number of aromatic nitrogens is 2. The van der Waals surface area contributed by atoms with Gasteiger partial charge in [0.2, 0.25) is 0 Å². The number of likely N-dealkylation sites (N-methyl/N-ethyl adjacent to an activating group) is 1. The van der Waals surface area contributed by atoms with Crippen LogP contribution in [0, 0.1) is 13.8 Å². The average molecular weight is 432 g/mol. The molecule has 1 fully saturated rings. The van der Waals surface area contributed by atoms with E-state index in [1.807, 2.05) is 68.4 Å². The molecule has 0 aliphatic carbocycles. The number of amides is 1. The van der Waals surface area contributed by atoms with Crippen LogP contribution >= 0.6 is 0 Å². The Balaban J connectivity index is 1.37. The summed E-state index contributed by atoms with van der Waals surface area (Å²) in [7, 11) is 2.13. The van der Waals surface area contributed by atoms with Crippen LogP contribution in [0.3, 0.4) is 0 Å². The number of piperazine rings is 1. The summed E-state index contributed by atoms with van der Waals surface area (Å²) < 4.78 is 5.68. The number of carbonyl (C=O) groups excluding carboxylic acids is 1. The minimum Gasteiger partial charge on any atom is -0.483 e. The third kappa shape index (κ3) is 5.42. The first kappa shape index (κ1) is 21.8. The second kappa shape index (κ2) is 9.78. The molecule has 2 heterocycles. The number of aryl methyl sites for hydroxylation is 2. The molecule has 0 spiro atoms. The zero-order valence-electron chi connectivity index (χ0n) is 18.8. The first-order chi connectivity index (χ1) is 15.5. The van der Waals surface area contributed by atoms with Crippen molar-refractivity contribution in [2.24, 2.45) is 0 Å². The van der Waals surface area contributed by atoms with Crippen LogP contribution in [0.5, 0.6) is 5.75 Å². The maximum atomic E-state index is 12.4. The highest BCUT2D eigenvalue weighted by Gasteiger charge is 2.16. The molecule has 166 valence electrons. The molecule has 1 aromatic heterocycles. The van der Waals surface area contributed by atoms with Gasteiger partial charge in [-0.15, -0.1) is 10.2 Å². The number of hydrogen-bond donors (Lipinski definition) is 1. The Morgan fingerprint density at radius 2 is 1.81 bits per heavy atom. The first-order valence-electron chi connectivity index (χ1n) is 10.9. The summed E-state index contributed by atoms with van der Waals surface area (Å²) in [6.45, 7) is 7.91. The minimum absolute atomic E-state index is 0.0480. The highest BCUT2D eigenvalue weighted by Crippen LogP contribution is 2.23. The molecule has 7 nitrogen and oxygen atoms in total. The Hall–Kier alpha value is -3.45. The number of anilines is 2. The molecular formula is C25H29N5O2. The van der Waals surface area contributed by atoms with Gasteiger partial charge in [-0.3, -0.25) is 4.79 Å². The highest BCUT2D eigenvalue weighted by atomic mass is 16.5. The van der Waals surface area contributed by atoms with Crippen molar-refractivity contribution in [2.75, 3.05) is 50.1 Å². The van der Waals surface area contributed by atoms with Gasteiger partial charge in [0.1, 0.15) is 5.75 Å². The van der Waals surface area contributed by atoms with Gasteiger partial charge in [-0.05, 0) is 56.8 Å². The second-order valence-electron chi connectivity index (χ2n) is 8.25. The van der Waals surface area contributed by atoms with E-state index >= 15 is 0 Å². The summed E-state index contributed by atoms with van der Waals surface area (Å²) in [6, 6.07) is 17.5. The lowest BCUT2D eigenvalue weighted by molar-refractivity contribution is -0.118. The summed E-state index contributed by atoms with van der Waals surface area (Å²) in [6.07, 6.45) is 0. The van der Waals surface area contributed by atoms with Gasteiger partial charge in [0, 0.05) is 37.4 Å². The van der Waals surface area contributed by atoms with E-state index < -0.39 is 0 Å². The summed E-state index contributed by atoms with van der Waals surface area (Å²) in [5, 5.41) is 11.7. The van der Waals surface area contributed by atoms with E-state index in [0.717, 1.165) is 60.1 Å².